The summed E-state index contributed by atoms with van der Waals surface area (Å²) in [6, 6.07) is 0. The molecule has 1 aliphatic rings. The van der Waals surface area contributed by atoms with Gasteiger partial charge >= 0.3 is 5.97 Å². The van der Waals surface area contributed by atoms with Crippen LogP contribution in [0.5, 0.6) is 0 Å². The van der Waals surface area contributed by atoms with E-state index in [4.69, 9.17) is 4.74 Å². The smallest absolute Gasteiger partial charge is 0.338 e. The van der Waals surface area contributed by atoms with Gasteiger partial charge in [-0.2, -0.15) is 0 Å². The van der Waals surface area contributed by atoms with Gasteiger partial charge in [-0.25, -0.2) is 4.79 Å². The summed E-state index contributed by atoms with van der Waals surface area (Å²) >= 11 is 0. The molecule has 0 amide bonds. The number of oxime groups is 1. The van der Waals surface area contributed by atoms with Crippen LogP contribution >= 0.6 is 0 Å². The molecule has 0 aromatic heterocycles. The molecule has 0 aromatic carbocycles. The molecule has 5 heteroatoms. The third-order valence-electron chi connectivity index (χ3n) is 2.17. The SMILES string of the molecule is CON=C(C)C1(C)OC1C(=O)OC. The van der Waals surface area contributed by atoms with Crippen molar-refractivity contribution in [2.24, 2.45) is 5.16 Å². The average Bonchev–Trinajstić information content (AvgIpc) is 2.79. The Kier molecular flexibility index (Phi) is 2.56. The lowest BCUT2D eigenvalue weighted by Gasteiger charge is -2.03. The summed E-state index contributed by atoms with van der Waals surface area (Å²) in [5, 5.41) is 3.71. The number of carbonyl (C=O) groups is 1. The van der Waals surface area contributed by atoms with Crippen LogP contribution in [0.1, 0.15) is 13.8 Å². The van der Waals surface area contributed by atoms with E-state index >= 15 is 0 Å². The molecule has 2 unspecified atom stereocenters. The Bertz CT molecular complexity index is 251. The fourth-order valence-electron chi connectivity index (χ4n) is 1.09. The molecule has 0 radical (unpaired) electrons. The second-order valence-electron chi connectivity index (χ2n) is 2.99. The molecule has 0 bridgehead atoms. The first-order valence-electron chi connectivity index (χ1n) is 3.90. The second kappa shape index (κ2) is 3.33. The zero-order valence-electron chi connectivity index (χ0n) is 8.16. The molecule has 5 nitrogen and oxygen atoms in total. The minimum atomic E-state index is -0.650. The van der Waals surface area contributed by atoms with Crippen molar-refractivity contribution in [3.8, 4) is 0 Å². The number of ether oxygens (including phenoxy) is 2. The predicted molar refractivity (Wildman–Crippen MR) is 45.4 cm³/mol. The van der Waals surface area contributed by atoms with Gasteiger partial charge in [-0.3, -0.25) is 0 Å². The number of carbonyl (C=O) groups excluding carboxylic acids is 1. The van der Waals surface area contributed by atoms with Crippen LogP contribution in [0, 0.1) is 0 Å². The van der Waals surface area contributed by atoms with Gasteiger partial charge < -0.3 is 14.3 Å². The summed E-state index contributed by atoms with van der Waals surface area (Å²) < 4.78 is 9.72. The number of rotatable bonds is 3. The lowest BCUT2D eigenvalue weighted by molar-refractivity contribution is -0.142. The van der Waals surface area contributed by atoms with Gasteiger partial charge in [0, 0.05) is 0 Å². The van der Waals surface area contributed by atoms with Gasteiger partial charge in [0.1, 0.15) is 12.7 Å². The molecule has 13 heavy (non-hydrogen) atoms. The molecule has 74 valence electrons. The Balaban J connectivity index is 2.64. The highest BCUT2D eigenvalue weighted by molar-refractivity contribution is 5.99. The van der Waals surface area contributed by atoms with Gasteiger partial charge in [0.05, 0.1) is 12.8 Å². The van der Waals surface area contributed by atoms with Crippen molar-refractivity contribution in [2.75, 3.05) is 14.2 Å². The maximum absolute atomic E-state index is 11.1. The molecular weight excluding hydrogens is 174 g/mol. The van der Waals surface area contributed by atoms with Crippen molar-refractivity contribution in [3.63, 3.8) is 0 Å². The zero-order chi connectivity index (χ0) is 10.1. The summed E-state index contributed by atoms with van der Waals surface area (Å²) in [6.45, 7) is 3.51. The Labute approximate surface area is 76.6 Å². The van der Waals surface area contributed by atoms with E-state index in [0.29, 0.717) is 5.71 Å². The predicted octanol–water partition coefficient (Wildman–Crippen LogP) is 0.339. The molecule has 1 heterocycles. The van der Waals surface area contributed by atoms with E-state index in [2.05, 4.69) is 14.7 Å². The lowest BCUT2D eigenvalue weighted by atomic mass is 10.0. The van der Waals surface area contributed by atoms with Crippen molar-refractivity contribution >= 4 is 11.7 Å². The summed E-state index contributed by atoms with van der Waals surface area (Å²) in [4.78, 5) is 15.6. The van der Waals surface area contributed by atoms with Crippen LogP contribution in [0.25, 0.3) is 0 Å². The number of esters is 1. The van der Waals surface area contributed by atoms with E-state index in [9.17, 15) is 4.79 Å². The van der Waals surface area contributed by atoms with Gasteiger partial charge in [0.2, 0.25) is 0 Å². The Hall–Kier alpha value is -1.10. The van der Waals surface area contributed by atoms with E-state index in [1.165, 1.54) is 14.2 Å². The fraction of sp³-hybridized carbons (Fsp3) is 0.750. The minimum absolute atomic E-state index is 0.381. The van der Waals surface area contributed by atoms with Crippen LogP contribution < -0.4 is 0 Å². The molecule has 1 rings (SSSR count). The molecule has 0 aromatic rings. The summed E-state index contributed by atoms with van der Waals surface area (Å²) in [5.74, 6) is -0.381. The van der Waals surface area contributed by atoms with Crippen LogP contribution in [0.2, 0.25) is 0 Å². The zero-order valence-corrected chi connectivity index (χ0v) is 8.16. The highest BCUT2D eigenvalue weighted by Gasteiger charge is 2.60. The number of nitrogens with zero attached hydrogens (tertiary/aromatic N) is 1. The van der Waals surface area contributed by atoms with Gasteiger partial charge in [-0.1, -0.05) is 5.16 Å². The van der Waals surface area contributed by atoms with E-state index in [0.717, 1.165) is 0 Å². The summed E-state index contributed by atoms with van der Waals surface area (Å²) in [6.07, 6.45) is -0.545. The first-order valence-corrected chi connectivity index (χ1v) is 3.90. The van der Waals surface area contributed by atoms with Gasteiger partial charge in [0.25, 0.3) is 0 Å². The molecule has 1 fully saturated rings. The maximum atomic E-state index is 11.1. The second-order valence-corrected chi connectivity index (χ2v) is 2.99. The van der Waals surface area contributed by atoms with Crippen LogP contribution in [0.15, 0.2) is 5.16 Å². The van der Waals surface area contributed by atoms with E-state index in [-0.39, 0.29) is 5.97 Å². The first kappa shape index (κ1) is 9.98. The first-order chi connectivity index (χ1) is 6.06. The fourth-order valence-corrected chi connectivity index (χ4v) is 1.09. The van der Waals surface area contributed by atoms with Crippen LogP contribution in [0.3, 0.4) is 0 Å². The third kappa shape index (κ3) is 1.65. The maximum Gasteiger partial charge on any atom is 0.338 e. The molecule has 0 spiro atoms. The number of epoxide rings is 1. The summed E-state index contributed by atoms with van der Waals surface area (Å²) in [5.41, 5.74) is -0.0197. The molecule has 0 N–H and O–H groups in total. The van der Waals surface area contributed by atoms with Gasteiger partial charge in [-0.05, 0) is 13.8 Å². The van der Waals surface area contributed by atoms with E-state index < -0.39 is 11.7 Å². The number of methoxy groups -OCH3 is 1. The Morgan fingerprint density at radius 3 is 2.62 bits per heavy atom. The monoisotopic (exact) mass is 187 g/mol. The van der Waals surface area contributed by atoms with Crippen molar-refractivity contribution in [2.45, 2.75) is 25.6 Å². The standard InChI is InChI=1S/C8H13NO4/c1-5(9-12-4)8(2)6(13-8)7(10)11-3/h6H,1-4H3. The third-order valence-corrected chi connectivity index (χ3v) is 2.17. The molecule has 0 saturated carbocycles. The molecule has 1 saturated heterocycles. The largest absolute Gasteiger partial charge is 0.467 e. The van der Waals surface area contributed by atoms with Crippen LogP contribution in [0.4, 0.5) is 0 Å². The highest BCUT2D eigenvalue weighted by atomic mass is 16.7. The lowest BCUT2D eigenvalue weighted by Crippen LogP contribution is -2.26. The van der Waals surface area contributed by atoms with Crippen LogP contribution in [-0.4, -0.2) is 37.6 Å². The molecule has 1 aliphatic heterocycles. The minimum Gasteiger partial charge on any atom is -0.467 e. The Morgan fingerprint density at radius 1 is 1.54 bits per heavy atom. The Morgan fingerprint density at radius 2 is 2.15 bits per heavy atom. The van der Waals surface area contributed by atoms with E-state index in [1.807, 2.05) is 0 Å². The molecule has 0 aliphatic carbocycles. The van der Waals surface area contributed by atoms with Crippen molar-refractivity contribution in [1.82, 2.24) is 0 Å². The normalized spacial score (nSPS) is 32.6. The van der Waals surface area contributed by atoms with Crippen molar-refractivity contribution in [3.05, 3.63) is 0 Å². The quantitative estimate of drug-likeness (QED) is 0.276. The van der Waals surface area contributed by atoms with E-state index in [1.54, 1.807) is 13.8 Å². The van der Waals surface area contributed by atoms with Crippen molar-refractivity contribution < 1.29 is 19.1 Å². The highest BCUT2D eigenvalue weighted by Crippen LogP contribution is 2.38. The number of hydrogen-bond acceptors (Lipinski definition) is 5. The van der Waals surface area contributed by atoms with Gasteiger partial charge in [0.15, 0.2) is 6.10 Å². The van der Waals surface area contributed by atoms with Gasteiger partial charge in [-0.15, -0.1) is 0 Å². The topological polar surface area (TPSA) is 60.4 Å². The molecule has 2 atom stereocenters. The molecular formula is C8H13NO4. The van der Waals surface area contributed by atoms with Crippen molar-refractivity contribution in [1.29, 1.82) is 0 Å². The summed E-state index contributed by atoms with van der Waals surface area (Å²) in [7, 11) is 2.77. The number of hydrogen-bond donors (Lipinski definition) is 0. The van der Waals surface area contributed by atoms with Crippen LogP contribution in [-0.2, 0) is 19.1 Å². The average molecular weight is 187 g/mol.